The summed E-state index contributed by atoms with van der Waals surface area (Å²) in [6.07, 6.45) is 2.50. The third-order valence-electron chi connectivity index (χ3n) is 1.89. The second kappa shape index (κ2) is 3.31. The van der Waals surface area contributed by atoms with Gasteiger partial charge in [0, 0.05) is 20.7 Å². The molecule has 0 saturated heterocycles. The molecule has 0 radical (unpaired) electrons. The zero-order valence-electron chi connectivity index (χ0n) is 6.47. The number of carbonyl (C=O) groups excluding carboxylic acids is 1. The van der Waals surface area contributed by atoms with E-state index >= 15 is 0 Å². The maximum Gasteiger partial charge on any atom is 0.152 e. The van der Waals surface area contributed by atoms with Crippen LogP contribution < -0.4 is 0 Å². The minimum Gasteiger partial charge on any atom is -0.359 e. The molecule has 0 amide bonds. The van der Waals surface area contributed by atoms with Crippen molar-refractivity contribution >= 4 is 51.4 Å². The molecule has 0 unspecified atom stereocenters. The van der Waals surface area contributed by atoms with Crippen LogP contribution in [0.5, 0.6) is 0 Å². The van der Waals surface area contributed by atoms with E-state index in [-0.39, 0.29) is 0 Å². The minimum atomic E-state index is 0.642. The number of rotatable bonds is 1. The summed E-state index contributed by atoms with van der Waals surface area (Å²) in [5.74, 6) is 0. The zero-order valence-corrected chi connectivity index (χ0v) is 9.39. The summed E-state index contributed by atoms with van der Waals surface area (Å²) in [6.45, 7) is 0. The van der Waals surface area contributed by atoms with Crippen LogP contribution in [0.1, 0.15) is 10.4 Å². The van der Waals surface area contributed by atoms with Gasteiger partial charge in [-0.2, -0.15) is 0 Å². The van der Waals surface area contributed by atoms with E-state index in [2.05, 4.69) is 27.6 Å². The van der Waals surface area contributed by atoms with Crippen LogP contribution in [0.2, 0.25) is 5.02 Å². The highest BCUT2D eigenvalue weighted by molar-refractivity contribution is 14.1. The summed E-state index contributed by atoms with van der Waals surface area (Å²) in [4.78, 5) is 13.7. The molecule has 2 nitrogen and oxygen atoms in total. The maximum atomic E-state index is 10.7. The number of aldehydes is 1. The lowest BCUT2D eigenvalue weighted by Gasteiger charge is -1.97. The van der Waals surface area contributed by atoms with Crippen molar-refractivity contribution in [1.82, 2.24) is 4.98 Å². The van der Waals surface area contributed by atoms with Crippen LogP contribution in [0, 0.1) is 3.57 Å². The summed E-state index contributed by atoms with van der Waals surface area (Å²) < 4.78 is 1.03. The van der Waals surface area contributed by atoms with Crippen LogP contribution in [0.3, 0.4) is 0 Å². The van der Waals surface area contributed by atoms with Crippen molar-refractivity contribution in [3.63, 3.8) is 0 Å². The Bertz CT molecular complexity index is 478. The van der Waals surface area contributed by atoms with Gasteiger partial charge < -0.3 is 4.98 Å². The first-order valence-corrected chi connectivity index (χ1v) is 5.10. The second-order valence-corrected chi connectivity index (χ2v) is 4.21. The number of aromatic amines is 1. The van der Waals surface area contributed by atoms with E-state index in [0.717, 1.165) is 20.8 Å². The molecule has 0 fully saturated rings. The third kappa shape index (κ3) is 1.36. The largest absolute Gasteiger partial charge is 0.359 e. The summed E-state index contributed by atoms with van der Waals surface area (Å²) >= 11 is 8.13. The lowest BCUT2D eigenvalue weighted by atomic mass is 10.2. The highest BCUT2D eigenvalue weighted by Crippen LogP contribution is 2.28. The van der Waals surface area contributed by atoms with Gasteiger partial charge in [0.25, 0.3) is 0 Å². The first-order chi connectivity index (χ1) is 6.24. The number of aromatic nitrogens is 1. The van der Waals surface area contributed by atoms with Gasteiger partial charge in [-0.1, -0.05) is 11.6 Å². The van der Waals surface area contributed by atoms with Gasteiger partial charge in [0.05, 0.1) is 10.5 Å². The molecule has 0 aliphatic heterocycles. The molecule has 4 heteroatoms. The lowest BCUT2D eigenvalue weighted by Crippen LogP contribution is -1.79. The quantitative estimate of drug-likeness (QED) is 0.637. The Morgan fingerprint density at radius 2 is 2.23 bits per heavy atom. The standard InChI is InChI=1S/C9H5ClINO/c10-6-1-2-7(11)8-5(4-13)3-12-9(6)8/h1-4,12H. The van der Waals surface area contributed by atoms with Crippen LogP contribution in [0.4, 0.5) is 0 Å². The van der Waals surface area contributed by atoms with Gasteiger partial charge in [0.1, 0.15) is 0 Å². The summed E-state index contributed by atoms with van der Waals surface area (Å²) in [5.41, 5.74) is 1.48. The number of fused-ring (bicyclic) bond motifs is 1. The number of hydrogen-bond donors (Lipinski definition) is 1. The molecular weight excluding hydrogens is 300 g/mol. The fourth-order valence-electron chi connectivity index (χ4n) is 1.29. The van der Waals surface area contributed by atoms with E-state index in [1.807, 2.05) is 12.1 Å². The van der Waals surface area contributed by atoms with Crippen molar-refractivity contribution in [2.45, 2.75) is 0 Å². The molecule has 0 saturated carbocycles. The Labute approximate surface area is 93.4 Å². The lowest BCUT2D eigenvalue weighted by molar-refractivity contribution is 0.112. The minimum absolute atomic E-state index is 0.642. The van der Waals surface area contributed by atoms with E-state index in [0.29, 0.717) is 10.6 Å². The van der Waals surface area contributed by atoms with Gasteiger partial charge in [0.2, 0.25) is 0 Å². The van der Waals surface area contributed by atoms with E-state index < -0.39 is 0 Å². The Morgan fingerprint density at radius 3 is 2.92 bits per heavy atom. The Balaban J connectivity index is 2.95. The number of benzene rings is 1. The van der Waals surface area contributed by atoms with Crippen LogP contribution in [-0.4, -0.2) is 11.3 Å². The molecule has 2 aromatic rings. The fraction of sp³-hybridized carbons (Fsp3) is 0. The molecule has 1 heterocycles. The molecule has 0 aliphatic rings. The van der Waals surface area contributed by atoms with E-state index in [9.17, 15) is 4.79 Å². The monoisotopic (exact) mass is 305 g/mol. The normalized spacial score (nSPS) is 10.6. The molecule has 66 valence electrons. The van der Waals surface area contributed by atoms with E-state index in [1.54, 1.807) is 6.20 Å². The first-order valence-electron chi connectivity index (χ1n) is 3.64. The van der Waals surface area contributed by atoms with Crippen molar-refractivity contribution in [1.29, 1.82) is 0 Å². The number of H-pyrrole nitrogens is 1. The molecular formula is C9H5ClINO. The molecule has 0 bridgehead atoms. The molecule has 0 aliphatic carbocycles. The highest BCUT2D eigenvalue weighted by atomic mass is 127. The van der Waals surface area contributed by atoms with Crippen molar-refractivity contribution in [3.05, 3.63) is 32.5 Å². The predicted molar refractivity (Wildman–Crippen MR) is 61.4 cm³/mol. The SMILES string of the molecule is O=Cc1c[nH]c2c(Cl)ccc(I)c12. The molecule has 13 heavy (non-hydrogen) atoms. The van der Waals surface area contributed by atoms with Gasteiger partial charge in [-0.15, -0.1) is 0 Å². The fourth-order valence-corrected chi connectivity index (χ4v) is 2.26. The Hall–Kier alpha value is -0.550. The van der Waals surface area contributed by atoms with Gasteiger partial charge in [-0.05, 0) is 34.7 Å². The smallest absolute Gasteiger partial charge is 0.152 e. The van der Waals surface area contributed by atoms with Crippen molar-refractivity contribution in [2.24, 2.45) is 0 Å². The van der Waals surface area contributed by atoms with Gasteiger partial charge >= 0.3 is 0 Å². The molecule has 2 rings (SSSR count). The molecule has 0 atom stereocenters. The third-order valence-corrected chi connectivity index (χ3v) is 3.11. The predicted octanol–water partition coefficient (Wildman–Crippen LogP) is 3.24. The highest BCUT2D eigenvalue weighted by Gasteiger charge is 2.08. The topological polar surface area (TPSA) is 32.9 Å². The number of carbonyl (C=O) groups is 1. The van der Waals surface area contributed by atoms with Crippen LogP contribution >= 0.6 is 34.2 Å². The summed E-state index contributed by atoms with van der Waals surface area (Å²) in [5, 5.41) is 1.55. The molecule has 1 aromatic carbocycles. The van der Waals surface area contributed by atoms with Crippen LogP contribution in [0.15, 0.2) is 18.3 Å². The Morgan fingerprint density at radius 1 is 1.46 bits per heavy atom. The van der Waals surface area contributed by atoms with Crippen LogP contribution in [-0.2, 0) is 0 Å². The average Bonchev–Trinajstić information content (AvgIpc) is 2.56. The summed E-state index contributed by atoms with van der Waals surface area (Å²) in [6, 6.07) is 3.71. The van der Waals surface area contributed by atoms with Crippen molar-refractivity contribution in [2.75, 3.05) is 0 Å². The number of nitrogens with one attached hydrogen (secondary N) is 1. The van der Waals surface area contributed by atoms with Crippen LogP contribution in [0.25, 0.3) is 10.9 Å². The Kier molecular flexibility index (Phi) is 2.29. The molecule has 0 spiro atoms. The maximum absolute atomic E-state index is 10.7. The number of halogens is 2. The van der Waals surface area contributed by atoms with E-state index in [4.69, 9.17) is 11.6 Å². The first kappa shape index (κ1) is 9.02. The molecule has 1 aromatic heterocycles. The van der Waals surface area contributed by atoms with E-state index in [1.165, 1.54) is 0 Å². The van der Waals surface area contributed by atoms with Crippen molar-refractivity contribution in [3.8, 4) is 0 Å². The van der Waals surface area contributed by atoms with Gasteiger partial charge in [-0.3, -0.25) is 4.79 Å². The average molecular weight is 306 g/mol. The number of hydrogen-bond acceptors (Lipinski definition) is 1. The summed E-state index contributed by atoms with van der Waals surface area (Å²) in [7, 11) is 0. The van der Waals surface area contributed by atoms with Gasteiger partial charge in [0.15, 0.2) is 6.29 Å². The second-order valence-electron chi connectivity index (χ2n) is 2.64. The molecule has 1 N–H and O–H groups in total. The van der Waals surface area contributed by atoms with Crippen molar-refractivity contribution < 1.29 is 4.79 Å². The van der Waals surface area contributed by atoms with Gasteiger partial charge in [-0.25, -0.2) is 0 Å². The zero-order chi connectivity index (χ0) is 9.42.